The third-order valence-corrected chi connectivity index (χ3v) is 5.94. The minimum Gasteiger partial charge on any atom is -0.492 e. The molecule has 0 aliphatic heterocycles. The van der Waals surface area contributed by atoms with Crippen molar-refractivity contribution in [3.05, 3.63) is 94.3 Å². The van der Waals surface area contributed by atoms with Crippen LogP contribution in [0.5, 0.6) is 5.75 Å². The van der Waals surface area contributed by atoms with Gasteiger partial charge in [0, 0.05) is 6.54 Å². The summed E-state index contributed by atoms with van der Waals surface area (Å²) >= 11 is 6.16. The molecule has 1 atom stereocenters. The molecule has 0 spiro atoms. The second kappa shape index (κ2) is 9.54. The van der Waals surface area contributed by atoms with Gasteiger partial charge in [-0.15, -0.1) is 0 Å². The maximum atomic E-state index is 11.1. The zero-order valence-corrected chi connectivity index (χ0v) is 18.6. The quantitative estimate of drug-likeness (QED) is 0.333. The van der Waals surface area contributed by atoms with Gasteiger partial charge in [0.15, 0.2) is 0 Å². The largest absolute Gasteiger partial charge is 0.492 e. The third kappa shape index (κ3) is 4.76. The summed E-state index contributed by atoms with van der Waals surface area (Å²) in [5.41, 5.74) is 5.23. The lowest BCUT2D eigenvalue weighted by atomic mass is 10.1. The van der Waals surface area contributed by atoms with Crippen LogP contribution in [0.3, 0.4) is 0 Å². The Morgan fingerprint density at radius 3 is 2.45 bits per heavy atom. The van der Waals surface area contributed by atoms with Crippen molar-refractivity contribution in [2.75, 3.05) is 6.61 Å². The number of unbranched alkanes of at least 4 members (excludes halogenated alkanes) is 1. The summed E-state index contributed by atoms with van der Waals surface area (Å²) < 4.78 is 7.97. The van der Waals surface area contributed by atoms with E-state index in [0.29, 0.717) is 23.2 Å². The number of fused-ring (bicyclic) bond motifs is 1. The van der Waals surface area contributed by atoms with Gasteiger partial charge in [-0.3, -0.25) is 0 Å². The Kier molecular flexibility index (Phi) is 6.59. The monoisotopic (exact) mass is 434 g/mol. The van der Waals surface area contributed by atoms with Gasteiger partial charge in [-0.1, -0.05) is 54.1 Å². The number of nitrogens with zero attached hydrogens (tertiary/aromatic N) is 2. The molecule has 160 valence electrons. The van der Waals surface area contributed by atoms with Crippen LogP contribution >= 0.6 is 11.6 Å². The van der Waals surface area contributed by atoms with Crippen molar-refractivity contribution in [3.8, 4) is 5.75 Å². The predicted molar refractivity (Wildman–Crippen MR) is 126 cm³/mol. The van der Waals surface area contributed by atoms with Gasteiger partial charge in [0.1, 0.15) is 17.7 Å². The summed E-state index contributed by atoms with van der Waals surface area (Å²) in [5, 5.41) is 11.7. The Bertz CT molecular complexity index is 1170. The lowest BCUT2D eigenvalue weighted by molar-refractivity contribution is 0.204. The number of rotatable bonds is 8. The summed E-state index contributed by atoms with van der Waals surface area (Å²) in [6, 6.07) is 21.5. The number of ether oxygens (including phenoxy) is 1. The Morgan fingerprint density at radius 1 is 0.968 bits per heavy atom. The number of hydrogen-bond acceptors (Lipinski definition) is 3. The first-order valence-electron chi connectivity index (χ1n) is 10.6. The molecule has 0 aliphatic rings. The van der Waals surface area contributed by atoms with Gasteiger partial charge in [-0.05, 0) is 67.6 Å². The smallest absolute Gasteiger partial charge is 0.143 e. The number of halogens is 1. The Hall–Kier alpha value is -2.82. The average molecular weight is 435 g/mol. The molecular formula is C26H27ClN2O2. The maximum absolute atomic E-state index is 11.1. The maximum Gasteiger partial charge on any atom is 0.143 e. The fraction of sp³-hybridized carbons (Fsp3) is 0.269. The van der Waals surface area contributed by atoms with E-state index in [4.69, 9.17) is 21.3 Å². The molecule has 4 nitrogen and oxygen atoms in total. The standard InChI is InChI=1S/C26H27ClN2O2/c1-18-16-22-23(17-19(18)2)29(26(28-22)25(30)20-10-4-3-5-11-20)14-8-9-15-31-24-13-7-6-12-21(24)27/h3-7,10-13,16-17,25,30H,8-9,14-15H2,1-2H3. The number of imidazole rings is 1. The van der Waals surface area contributed by atoms with Crippen LogP contribution < -0.4 is 4.74 Å². The normalized spacial score (nSPS) is 12.3. The summed E-state index contributed by atoms with van der Waals surface area (Å²) in [6.45, 7) is 5.54. The number of aliphatic hydroxyl groups is 1. The molecular weight excluding hydrogens is 408 g/mol. The molecule has 1 aromatic heterocycles. The Balaban J connectivity index is 1.53. The lowest BCUT2D eigenvalue weighted by Crippen LogP contribution is -2.11. The molecule has 5 heteroatoms. The molecule has 0 saturated carbocycles. The van der Waals surface area contributed by atoms with Crippen molar-refractivity contribution in [2.45, 2.75) is 39.3 Å². The predicted octanol–water partition coefficient (Wildman–Crippen LogP) is 6.25. The van der Waals surface area contributed by atoms with Crippen molar-refractivity contribution in [1.29, 1.82) is 0 Å². The van der Waals surface area contributed by atoms with Crippen LogP contribution in [0.15, 0.2) is 66.7 Å². The van der Waals surface area contributed by atoms with Crippen LogP contribution in [0, 0.1) is 13.8 Å². The van der Waals surface area contributed by atoms with Crippen molar-refractivity contribution < 1.29 is 9.84 Å². The van der Waals surface area contributed by atoms with Gasteiger partial charge in [0.25, 0.3) is 0 Å². The molecule has 4 rings (SSSR count). The molecule has 3 aromatic carbocycles. The number of benzene rings is 3. The molecule has 1 unspecified atom stereocenters. The van der Waals surface area contributed by atoms with Gasteiger partial charge in [0.05, 0.1) is 22.7 Å². The Morgan fingerprint density at radius 2 is 1.68 bits per heavy atom. The summed E-state index contributed by atoms with van der Waals surface area (Å²) in [7, 11) is 0. The van der Waals surface area contributed by atoms with E-state index in [9.17, 15) is 5.11 Å². The zero-order chi connectivity index (χ0) is 21.8. The molecule has 31 heavy (non-hydrogen) atoms. The highest BCUT2D eigenvalue weighted by molar-refractivity contribution is 6.32. The zero-order valence-electron chi connectivity index (χ0n) is 17.9. The average Bonchev–Trinajstić information content (AvgIpc) is 3.12. The van der Waals surface area contributed by atoms with Gasteiger partial charge in [0.2, 0.25) is 0 Å². The number of aromatic nitrogens is 2. The summed E-state index contributed by atoms with van der Waals surface area (Å²) in [4.78, 5) is 4.81. The summed E-state index contributed by atoms with van der Waals surface area (Å²) in [6.07, 6.45) is 1.00. The fourth-order valence-electron chi connectivity index (χ4n) is 3.74. The van der Waals surface area contributed by atoms with E-state index in [-0.39, 0.29) is 0 Å². The van der Waals surface area contributed by atoms with Gasteiger partial charge < -0.3 is 14.4 Å². The summed E-state index contributed by atoms with van der Waals surface area (Å²) in [5.74, 6) is 1.39. The molecule has 0 aliphatic carbocycles. The number of aryl methyl sites for hydroxylation is 3. The van der Waals surface area contributed by atoms with Crippen LogP contribution in [0.4, 0.5) is 0 Å². The first kappa shape index (κ1) is 21.4. The highest BCUT2D eigenvalue weighted by Gasteiger charge is 2.20. The molecule has 4 aromatic rings. The molecule has 0 saturated heterocycles. The number of hydrogen-bond donors (Lipinski definition) is 1. The van der Waals surface area contributed by atoms with E-state index in [1.54, 1.807) is 0 Å². The van der Waals surface area contributed by atoms with Gasteiger partial charge in [-0.25, -0.2) is 4.98 Å². The van der Waals surface area contributed by atoms with E-state index < -0.39 is 6.10 Å². The van der Waals surface area contributed by atoms with Crippen LogP contribution in [0.2, 0.25) is 5.02 Å². The SMILES string of the molecule is Cc1cc2nc(C(O)c3ccccc3)n(CCCCOc3ccccc3Cl)c2cc1C. The minimum atomic E-state index is -0.770. The van der Waals surface area contributed by atoms with Crippen LogP contribution in [-0.2, 0) is 6.54 Å². The Labute approximate surface area is 188 Å². The van der Waals surface area contributed by atoms with Gasteiger partial charge >= 0.3 is 0 Å². The van der Waals surface area contributed by atoms with E-state index >= 15 is 0 Å². The van der Waals surface area contributed by atoms with E-state index in [0.717, 1.165) is 36.0 Å². The molecule has 0 bridgehead atoms. The van der Waals surface area contributed by atoms with Crippen molar-refractivity contribution in [3.63, 3.8) is 0 Å². The van der Waals surface area contributed by atoms with Crippen LogP contribution in [0.1, 0.15) is 41.5 Å². The van der Waals surface area contributed by atoms with Crippen molar-refractivity contribution in [1.82, 2.24) is 9.55 Å². The molecule has 1 heterocycles. The minimum absolute atomic E-state index is 0.588. The third-order valence-electron chi connectivity index (χ3n) is 5.62. The van der Waals surface area contributed by atoms with E-state index in [1.807, 2.05) is 54.6 Å². The second-order valence-electron chi connectivity index (χ2n) is 7.85. The van der Waals surface area contributed by atoms with E-state index in [2.05, 4.69) is 30.5 Å². The molecule has 0 radical (unpaired) electrons. The highest BCUT2D eigenvalue weighted by atomic mass is 35.5. The second-order valence-corrected chi connectivity index (χ2v) is 8.25. The number of aliphatic hydroxyl groups excluding tert-OH is 1. The first-order valence-corrected chi connectivity index (χ1v) is 11.0. The van der Waals surface area contributed by atoms with Crippen LogP contribution in [-0.4, -0.2) is 21.3 Å². The fourth-order valence-corrected chi connectivity index (χ4v) is 3.93. The topological polar surface area (TPSA) is 47.3 Å². The lowest BCUT2D eigenvalue weighted by Gasteiger charge is -2.15. The highest BCUT2D eigenvalue weighted by Crippen LogP contribution is 2.28. The molecule has 1 N–H and O–H groups in total. The van der Waals surface area contributed by atoms with Crippen LogP contribution in [0.25, 0.3) is 11.0 Å². The molecule has 0 amide bonds. The number of para-hydroxylation sites is 1. The van der Waals surface area contributed by atoms with Crippen molar-refractivity contribution in [2.24, 2.45) is 0 Å². The molecule has 0 fully saturated rings. The first-order chi connectivity index (χ1) is 15.0. The van der Waals surface area contributed by atoms with E-state index in [1.165, 1.54) is 11.1 Å². The van der Waals surface area contributed by atoms with Gasteiger partial charge in [-0.2, -0.15) is 0 Å². The van der Waals surface area contributed by atoms with Crippen molar-refractivity contribution >= 4 is 22.6 Å².